The molecule has 4 rings (SSSR count). The third kappa shape index (κ3) is 16.9. The predicted octanol–water partition coefficient (Wildman–Crippen LogP) is 11.4. The molecule has 0 radical (unpaired) electrons. The van der Waals surface area contributed by atoms with Crippen molar-refractivity contribution in [2.75, 3.05) is 17.7 Å². The number of hydrogen-bond acceptors (Lipinski definition) is 12. The van der Waals surface area contributed by atoms with E-state index in [1.165, 1.54) is 0 Å². The van der Waals surface area contributed by atoms with Gasteiger partial charge in [0.1, 0.15) is 40.2 Å². The first-order valence-corrected chi connectivity index (χ1v) is 27.8. The van der Waals surface area contributed by atoms with Gasteiger partial charge in [0.15, 0.2) is 0 Å². The fourth-order valence-corrected chi connectivity index (χ4v) is 11.7. The van der Waals surface area contributed by atoms with Crippen molar-refractivity contribution >= 4 is 71.2 Å². The number of nitrogens with one attached hydrogen (secondary N) is 3. The minimum absolute atomic E-state index is 0.0261. The van der Waals surface area contributed by atoms with E-state index in [-0.39, 0.29) is 100 Å². The monoisotopic (exact) mass is 1050 g/mol. The third-order valence-corrected chi connectivity index (χ3v) is 15.9. The number of allylic oxidation sites excluding steroid dienone is 1. The Labute approximate surface area is 443 Å². The highest BCUT2D eigenvalue weighted by Gasteiger charge is 2.44. The number of H-pyrrole nitrogens is 1. The van der Waals surface area contributed by atoms with E-state index in [0.29, 0.717) is 54.0 Å². The second-order valence-corrected chi connectivity index (χ2v) is 24.8. The van der Waals surface area contributed by atoms with E-state index in [1.807, 2.05) is 27.7 Å². The number of carboxylic acid groups (broad SMARTS) is 2. The highest BCUT2D eigenvalue weighted by Crippen LogP contribution is 2.45. The van der Waals surface area contributed by atoms with Crippen LogP contribution in [0.4, 0.5) is 5.82 Å². The highest BCUT2D eigenvalue weighted by atomic mass is 32.2. The van der Waals surface area contributed by atoms with Crippen LogP contribution in [-0.4, -0.2) is 92.5 Å². The Morgan fingerprint density at radius 1 is 0.784 bits per heavy atom. The first-order valence-electron chi connectivity index (χ1n) is 26.7. The lowest BCUT2D eigenvalue weighted by Crippen LogP contribution is -2.43. The molecule has 1 aromatic heterocycles. The average Bonchev–Trinajstić information content (AvgIpc) is 3.83. The van der Waals surface area contributed by atoms with Gasteiger partial charge >= 0.3 is 29.8 Å². The van der Waals surface area contributed by atoms with Gasteiger partial charge in [0.05, 0.1) is 18.7 Å². The molecule has 2 aliphatic carbocycles. The lowest BCUT2D eigenvalue weighted by atomic mass is 9.67. The molecule has 2 amide bonds. The number of amidine groups is 1. The fourth-order valence-electron chi connectivity index (χ4n) is 10.6. The number of anilines is 1. The minimum atomic E-state index is -1.21. The van der Waals surface area contributed by atoms with Gasteiger partial charge in [0.2, 0.25) is 11.8 Å². The molecule has 0 aromatic carbocycles. The Balaban J connectivity index is 1.82. The quantitative estimate of drug-likeness (QED) is 0.0297. The molecule has 17 heteroatoms. The number of aliphatic imine (C=N–C) groups is 1. The lowest BCUT2D eigenvalue weighted by Gasteiger charge is -2.43. The zero-order valence-corrected chi connectivity index (χ0v) is 47.2. The summed E-state index contributed by atoms with van der Waals surface area (Å²) in [5.74, 6) is -4.70. The number of carbonyl (C=O) groups is 7. The van der Waals surface area contributed by atoms with E-state index in [0.717, 1.165) is 50.3 Å². The largest absolute Gasteiger partial charge is 0.481 e. The van der Waals surface area contributed by atoms with Crippen molar-refractivity contribution < 1.29 is 58.0 Å². The molecule has 2 saturated carbocycles. The fraction of sp³-hybridized carbons (Fsp3) is 0.684. The molecule has 74 heavy (non-hydrogen) atoms. The maximum atomic E-state index is 14.9. The summed E-state index contributed by atoms with van der Waals surface area (Å²) < 4.78 is 18.3. The Bertz CT molecular complexity index is 2330. The number of ether oxygens (including phenoxy) is 3. The van der Waals surface area contributed by atoms with Gasteiger partial charge in [-0.3, -0.25) is 19.2 Å². The number of thioether (sulfide) groups is 1. The standard InChI is InChI=1S/C57H86N4O12S/c1-31(2)44-38(58-50(60-41(62)25-15-17-27-71-53(68)33(5)6)46(44)54(69)72-48-34(7)21-19-23-36(48)56(9,10)11)29-39-45(32(3)4)47(55(70)73-49-35(8)22-20-24-37(49)57(12,13)14)51(59-39)61-42(63)26-16-18-28-74-40(52(66)67)30-43(64)65/h29,31-32,34-37,40,48-49,59H,5,15-28,30H2,1-4,6-14H3,(H,61,63)(H,64,65)(H,66,67)(H,58,60,62). The summed E-state index contributed by atoms with van der Waals surface area (Å²) in [7, 11) is 0. The summed E-state index contributed by atoms with van der Waals surface area (Å²) in [5, 5.41) is 23.4. The summed E-state index contributed by atoms with van der Waals surface area (Å²) in [5.41, 5.74) is 2.16. The summed E-state index contributed by atoms with van der Waals surface area (Å²) in [6.07, 6.45) is 7.77. The van der Waals surface area contributed by atoms with Gasteiger partial charge in [0, 0.05) is 35.9 Å². The molecule has 16 nitrogen and oxygen atoms in total. The Kier molecular flexibility index (Phi) is 22.4. The molecule has 0 saturated heterocycles. The van der Waals surface area contributed by atoms with Crippen LogP contribution in [0.25, 0.3) is 6.08 Å². The van der Waals surface area contributed by atoms with Crippen LogP contribution in [0.1, 0.15) is 201 Å². The number of nitrogens with zero attached hydrogens (tertiary/aromatic N) is 1. The molecule has 2 fully saturated rings. The molecule has 1 aromatic rings. The topological polar surface area (TPSA) is 240 Å². The van der Waals surface area contributed by atoms with E-state index in [2.05, 4.69) is 77.6 Å². The number of amides is 2. The molecule has 412 valence electrons. The second-order valence-electron chi connectivity index (χ2n) is 23.5. The Hall–Kier alpha value is -5.19. The van der Waals surface area contributed by atoms with Crippen LogP contribution in [0.3, 0.4) is 0 Å². The average molecular weight is 1050 g/mol. The predicted molar refractivity (Wildman–Crippen MR) is 290 cm³/mol. The van der Waals surface area contributed by atoms with Crippen LogP contribution in [0.15, 0.2) is 34.0 Å². The zero-order chi connectivity index (χ0) is 55.4. The van der Waals surface area contributed by atoms with E-state index < -0.39 is 59.4 Å². The van der Waals surface area contributed by atoms with Gasteiger partial charge in [0.25, 0.3) is 0 Å². The number of carboxylic acids is 2. The molecule has 7 atom stereocenters. The summed E-state index contributed by atoms with van der Waals surface area (Å²) >= 11 is 1.02. The van der Waals surface area contributed by atoms with Crippen molar-refractivity contribution in [1.29, 1.82) is 0 Å². The van der Waals surface area contributed by atoms with Gasteiger partial charge in [-0.05, 0) is 116 Å². The van der Waals surface area contributed by atoms with Gasteiger partial charge in [-0.2, -0.15) is 0 Å². The summed E-state index contributed by atoms with van der Waals surface area (Å²) in [6, 6.07) is 0. The number of rotatable bonds is 23. The van der Waals surface area contributed by atoms with Gasteiger partial charge < -0.3 is 40.0 Å². The van der Waals surface area contributed by atoms with Gasteiger partial charge in [-0.15, -0.1) is 11.8 Å². The second kappa shape index (κ2) is 27.0. The maximum Gasteiger partial charge on any atom is 0.342 e. The zero-order valence-electron chi connectivity index (χ0n) is 46.4. The number of aromatic nitrogens is 1. The van der Waals surface area contributed by atoms with Crippen molar-refractivity contribution in [2.45, 2.75) is 197 Å². The molecule has 3 aliphatic rings. The van der Waals surface area contributed by atoms with E-state index >= 15 is 0 Å². The molecule has 0 spiro atoms. The molecule has 0 bridgehead atoms. The smallest absolute Gasteiger partial charge is 0.342 e. The molecule has 7 unspecified atom stereocenters. The number of carbonyl (C=O) groups excluding carboxylic acids is 5. The van der Waals surface area contributed by atoms with Crippen molar-refractivity contribution in [2.24, 2.45) is 45.4 Å². The van der Waals surface area contributed by atoms with Crippen molar-refractivity contribution in [3.8, 4) is 0 Å². The van der Waals surface area contributed by atoms with Gasteiger partial charge in [-0.1, -0.05) is 103 Å². The van der Waals surface area contributed by atoms with E-state index in [1.54, 1.807) is 13.0 Å². The van der Waals surface area contributed by atoms with Gasteiger partial charge in [-0.25, -0.2) is 19.4 Å². The van der Waals surface area contributed by atoms with Crippen LogP contribution < -0.4 is 10.6 Å². The van der Waals surface area contributed by atoms with E-state index in [4.69, 9.17) is 24.3 Å². The highest BCUT2D eigenvalue weighted by molar-refractivity contribution is 8.00. The molecule has 1 aliphatic heterocycles. The van der Waals surface area contributed by atoms with Crippen LogP contribution in [0.2, 0.25) is 0 Å². The SMILES string of the molecule is C=C(C)C(=O)OCCCCC(=O)NC1=NC(=Cc2[nH]c(NC(=O)CCCCSC(CC(=O)O)C(=O)O)c(C(=O)OC3C(C)CCCC3C(C)(C)C)c2C(C)C)C(C(C)C)=C1C(=O)OC1C(C)CCCC1C(C)(C)C. The van der Waals surface area contributed by atoms with Crippen LogP contribution in [0.5, 0.6) is 0 Å². The molecule has 5 N–H and O–H groups in total. The maximum absolute atomic E-state index is 14.9. The number of aliphatic carboxylic acids is 2. The summed E-state index contributed by atoms with van der Waals surface area (Å²) in [6.45, 7) is 30.2. The minimum Gasteiger partial charge on any atom is -0.481 e. The number of aromatic amines is 1. The lowest BCUT2D eigenvalue weighted by molar-refractivity contribution is -0.155. The molecular formula is C57H86N4O12S. The first kappa shape index (κ1) is 61.4. The Morgan fingerprint density at radius 2 is 1.32 bits per heavy atom. The van der Waals surface area contributed by atoms with Crippen molar-refractivity contribution in [1.82, 2.24) is 10.3 Å². The number of unbranched alkanes of at least 4 members (excludes halogenated alkanes) is 2. The van der Waals surface area contributed by atoms with Crippen LogP contribution >= 0.6 is 11.8 Å². The normalized spacial score (nSPS) is 22.3. The van der Waals surface area contributed by atoms with E-state index in [9.17, 15) is 38.7 Å². The van der Waals surface area contributed by atoms with Crippen LogP contribution in [-0.2, 0) is 43.0 Å². The molecule has 2 heterocycles. The third-order valence-electron chi connectivity index (χ3n) is 14.6. The van der Waals surface area contributed by atoms with Crippen LogP contribution in [0, 0.1) is 40.4 Å². The Morgan fingerprint density at radius 3 is 1.82 bits per heavy atom. The van der Waals surface area contributed by atoms with Crippen molar-refractivity contribution in [3.05, 3.63) is 45.8 Å². The number of hydrogen-bond donors (Lipinski definition) is 5. The first-order chi connectivity index (χ1) is 34.5. The summed E-state index contributed by atoms with van der Waals surface area (Å²) in [4.78, 5) is 100. The molecular weight excluding hydrogens is 965 g/mol. The number of esters is 3. The van der Waals surface area contributed by atoms with Crippen molar-refractivity contribution in [3.63, 3.8) is 0 Å².